The number of hydrogen-bond donors (Lipinski definition) is 0. The van der Waals surface area contributed by atoms with Crippen LogP contribution in [0.3, 0.4) is 0 Å². The van der Waals surface area contributed by atoms with Gasteiger partial charge in [-0.3, -0.25) is 9.48 Å². The zero-order valence-corrected chi connectivity index (χ0v) is 9.84. The molecular weight excluding hydrogens is 214 g/mol. The minimum absolute atomic E-state index is 0.0122. The topological polar surface area (TPSA) is 39.8 Å². The van der Waals surface area contributed by atoms with Crippen LogP contribution in [-0.4, -0.2) is 14.3 Å². The first-order valence-electron chi connectivity index (χ1n) is 5.67. The summed E-state index contributed by atoms with van der Waals surface area (Å²) in [4.78, 5) is 12.3. The number of aromatic nitrogens is 3. The first-order valence-corrected chi connectivity index (χ1v) is 5.67. The van der Waals surface area contributed by atoms with Gasteiger partial charge >= 0.3 is 0 Å². The Hall–Kier alpha value is -2.10. The Balaban J connectivity index is 2.68. The molecular formula is C13H13N3O. The highest BCUT2D eigenvalue weighted by atomic mass is 16.1. The third kappa shape index (κ3) is 1.30. The summed E-state index contributed by atoms with van der Waals surface area (Å²) in [7, 11) is 1.84. The van der Waals surface area contributed by atoms with Gasteiger partial charge in [-0.2, -0.15) is 5.10 Å². The van der Waals surface area contributed by atoms with E-state index in [0.29, 0.717) is 12.1 Å². The number of nitrogens with zero attached hydrogens (tertiary/aromatic N) is 3. The third-order valence-corrected chi connectivity index (χ3v) is 3.08. The van der Waals surface area contributed by atoms with Crippen molar-refractivity contribution < 1.29 is 0 Å². The fourth-order valence-corrected chi connectivity index (χ4v) is 2.33. The van der Waals surface area contributed by atoms with Gasteiger partial charge in [0.25, 0.3) is 5.56 Å². The van der Waals surface area contributed by atoms with Gasteiger partial charge in [0.2, 0.25) is 0 Å². The van der Waals surface area contributed by atoms with Crippen molar-refractivity contribution in [1.29, 1.82) is 0 Å². The highest BCUT2D eigenvalue weighted by Crippen LogP contribution is 2.21. The first kappa shape index (κ1) is 10.1. The highest BCUT2D eigenvalue weighted by Gasteiger charge is 2.11. The lowest BCUT2D eigenvalue weighted by Crippen LogP contribution is -2.20. The Morgan fingerprint density at radius 2 is 2.00 bits per heavy atom. The molecule has 1 aromatic carbocycles. The molecule has 0 radical (unpaired) electrons. The molecule has 2 heterocycles. The van der Waals surface area contributed by atoms with Gasteiger partial charge in [-0.25, -0.2) is 0 Å². The van der Waals surface area contributed by atoms with E-state index in [-0.39, 0.29) is 5.56 Å². The van der Waals surface area contributed by atoms with Gasteiger partial charge < -0.3 is 4.57 Å². The fraction of sp³-hybridized carbons (Fsp3) is 0.231. The molecule has 17 heavy (non-hydrogen) atoms. The third-order valence-electron chi connectivity index (χ3n) is 3.08. The van der Waals surface area contributed by atoms with Gasteiger partial charge in [0.15, 0.2) is 5.52 Å². The molecule has 0 fully saturated rings. The zero-order chi connectivity index (χ0) is 12.0. The quantitative estimate of drug-likeness (QED) is 0.637. The lowest BCUT2D eigenvalue weighted by molar-refractivity contribution is 0.751. The smallest absolute Gasteiger partial charge is 0.279 e. The summed E-state index contributed by atoms with van der Waals surface area (Å²) in [5.74, 6) is 0. The second-order valence-electron chi connectivity index (χ2n) is 4.13. The molecule has 0 aliphatic rings. The Bertz CT molecular complexity index is 767. The lowest BCUT2D eigenvalue weighted by Gasteiger charge is -2.07. The van der Waals surface area contributed by atoms with Gasteiger partial charge in [-0.15, -0.1) is 0 Å². The van der Waals surface area contributed by atoms with Gasteiger partial charge in [-0.1, -0.05) is 18.2 Å². The summed E-state index contributed by atoms with van der Waals surface area (Å²) >= 11 is 0. The van der Waals surface area contributed by atoms with Crippen molar-refractivity contribution in [2.24, 2.45) is 7.05 Å². The normalized spacial score (nSPS) is 11.4. The summed E-state index contributed by atoms with van der Waals surface area (Å²) in [6, 6.07) is 7.95. The van der Waals surface area contributed by atoms with E-state index in [4.69, 9.17) is 0 Å². The van der Waals surface area contributed by atoms with Crippen LogP contribution in [0.15, 0.2) is 35.3 Å². The Morgan fingerprint density at radius 1 is 1.24 bits per heavy atom. The second-order valence-corrected chi connectivity index (χ2v) is 4.13. The fourth-order valence-electron chi connectivity index (χ4n) is 2.33. The highest BCUT2D eigenvalue weighted by molar-refractivity contribution is 6.03. The molecule has 0 atom stereocenters. The number of benzene rings is 1. The summed E-state index contributed by atoms with van der Waals surface area (Å²) in [5.41, 5.74) is 1.51. The average molecular weight is 227 g/mol. The van der Waals surface area contributed by atoms with Crippen LogP contribution in [0.5, 0.6) is 0 Å². The molecule has 2 aromatic heterocycles. The molecule has 0 unspecified atom stereocenters. The molecule has 0 bridgehead atoms. The van der Waals surface area contributed by atoms with Crippen LogP contribution in [0.25, 0.3) is 21.8 Å². The molecule has 86 valence electrons. The van der Waals surface area contributed by atoms with E-state index in [1.165, 1.54) is 0 Å². The maximum Gasteiger partial charge on any atom is 0.279 e. The maximum atomic E-state index is 12.3. The van der Waals surface area contributed by atoms with E-state index in [1.807, 2.05) is 44.4 Å². The van der Waals surface area contributed by atoms with Crippen molar-refractivity contribution in [3.63, 3.8) is 0 Å². The molecule has 0 spiro atoms. The van der Waals surface area contributed by atoms with E-state index in [2.05, 4.69) is 5.10 Å². The summed E-state index contributed by atoms with van der Waals surface area (Å²) in [6.45, 7) is 2.63. The Morgan fingerprint density at radius 3 is 2.76 bits per heavy atom. The van der Waals surface area contributed by atoms with Crippen LogP contribution in [0.2, 0.25) is 0 Å². The molecule has 0 saturated carbocycles. The molecule has 0 saturated heterocycles. The van der Waals surface area contributed by atoms with Crippen LogP contribution in [0.4, 0.5) is 0 Å². The number of aryl methyl sites for hydroxylation is 2. The zero-order valence-electron chi connectivity index (χ0n) is 9.84. The van der Waals surface area contributed by atoms with Gasteiger partial charge in [0, 0.05) is 30.6 Å². The number of rotatable bonds is 1. The summed E-state index contributed by atoms with van der Waals surface area (Å²) in [6.07, 6.45) is 1.90. The SMILES string of the molecule is CCn1c(=O)c2nn(C)cc2c2ccccc21. The molecule has 4 nitrogen and oxygen atoms in total. The van der Waals surface area contributed by atoms with Crippen molar-refractivity contribution in [3.05, 3.63) is 40.8 Å². The average Bonchev–Trinajstić information content (AvgIpc) is 2.72. The van der Waals surface area contributed by atoms with Crippen molar-refractivity contribution in [2.45, 2.75) is 13.5 Å². The maximum absolute atomic E-state index is 12.3. The largest absolute Gasteiger partial charge is 0.307 e. The summed E-state index contributed by atoms with van der Waals surface area (Å²) in [5, 5.41) is 6.26. The molecule has 0 aliphatic carbocycles. The second kappa shape index (κ2) is 3.45. The van der Waals surface area contributed by atoms with Gasteiger partial charge in [0.1, 0.15) is 0 Å². The predicted octanol–water partition coefficient (Wildman–Crippen LogP) is 1.91. The van der Waals surface area contributed by atoms with E-state index in [9.17, 15) is 4.79 Å². The Kier molecular flexibility index (Phi) is 2.04. The predicted molar refractivity (Wildman–Crippen MR) is 68.2 cm³/mol. The molecule has 0 amide bonds. The van der Waals surface area contributed by atoms with Crippen LogP contribution >= 0.6 is 0 Å². The van der Waals surface area contributed by atoms with Gasteiger partial charge in [0.05, 0.1) is 5.52 Å². The number of hydrogen-bond acceptors (Lipinski definition) is 2. The van der Waals surface area contributed by atoms with Crippen molar-refractivity contribution in [3.8, 4) is 0 Å². The monoisotopic (exact) mass is 227 g/mol. The molecule has 0 aliphatic heterocycles. The number of pyridine rings is 1. The first-order chi connectivity index (χ1) is 8.22. The van der Waals surface area contributed by atoms with Crippen LogP contribution in [0, 0.1) is 0 Å². The van der Waals surface area contributed by atoms with Crippen LogP contribution < -0.4 is 5.56 Å². The van der Waals surface area contributed by atoms with E-state index >= 15 is 0 Å². The van der Waals surface area contributed by atoms with Crippen LogP contribution in [-0.2, 0) is 13.6 Å². The molecule has 3 aromatic rings. The molecule has 0 N–H and O–H groups in total. The van der Waals surface area contributed by atoms with Crippen molar-refractivity contribution in [2.75, 3.05) is 0 Å². The van der Waals surface area contributed by atoms with Crippen molar-refractivity contribution >= 4 is 21.8 Å². The minimum atomic E-state index is -0.0122. The van der Waals surface area contributed by atoms with Gasteiger partial charge in [-0.05, 0) is 13.0 Å². The van der Waals surface area contributed by atoms with E-state index in [0.717, 1.165) is 16.3 Å². The lowest BCUT2D eigenvalue weighted by atomic mass is 10.1. The summed E-state index contributed by atoms with van der Waals surface area (Å²) < 4.78 is 3.46. The molecule has 3 rings (SSSR count). The number of para-hydroxylation sites is 1. The van der Waals surface area contributed by atoms with E-state index < -0.39 is 0 Å². The van der Waals surface area contributed by atoms with Crippen LogP contribution in [0.1, 0.15) is 6.92 Å². The number of fused-ring (bicyclic) bond motifs is 3. The molecule has 4 heteroatoms. The van der Waals surface area contributed by atoms with E-state index in [1.54, 1.807) is 9.25 Å². The van der Waals surface area contributed by atoms with Crippen molar-refractivity contribution in [1.82, 2.24) is 14.3 Å². The standard InChI is InChI=1S/C13H13N3O/c1-3-16-11-7-5-4-6-9(11)10-8-15(2)14-12(10)13(16)17/h4-8H,3H2,1-2H3. The minimum Gasteiger partial charge on any atom is -0.307 e. The Labute approximate surface area is 98.1 Å².